The Hall–Kier alpha value is -2.28. The summed E-state index contributed by atoms with van der Waals surface area (Å²) in [4.78, 5) is 22.2. The summed E-state index contributed by atoms with van der Waals surface area (Å²) >= 11 is 1.58. The smallest absolute Gasteiger partial charge is 0.253 e. The molecule has 0 spiro atoms. The van der Waals surface area contributed by atoms with E-state index in [9.17, 15) is 4.79 Å². The Morgan fingerprint density at radius 2 is 2.13 bits per heavy atom. The molecule has 23 heavy (non-hydrogen) atoms. The van der Waals surface area contributed by atoms with Crippen LogP contribution < -0.4 is 5.32 Å². The van der Waals surface area contributed by atoms with E-state index in [-0.39, 0.29) is 11.9 Å². The van der Waals surface area contributed by atoms with Gasteiger partial charge in [-0.3, -0.25) is 4.79 Å². The van der Waals surface area contributed by atoms with Gasteiger partial charge in [0.1, 0.15) is 0 Å². The molecule has 3 rings (SSSR count). The van der Waals surface area contributed by atoms with Gasteiger partial charge in [0.05, 0.1) is 29.0 Å². The third-order valence-corrected chi connectivity index (χ3v) is 4.50. The molecule has 6 nitrogen and oxygen atoms in total. The van der Waals surface area contributed by atoms with Crippen LogP contribution >= 0.6 is 11.3 Å². The summed E-state index contributed by atoms with van der Waals surface area (Å²) in [6.45, 7) is 8.39. The Balaban J connectivity index is 1.84. The van der Waals surface area contributed by atoms with Crippen molar-refractivity contribution < 1.29 is 4.79 Å². The van der Waals surface area contributed by atoms with Crippen LogP contribution in [0.5, 0.6) is 0 Å². The van der Waals surface area contributed by atoms with Gasteiger partial charge in [0, 0.05) is 22.5 Å². The van der Waals surface area contributed by atoms with Crippen molar-refractivity contribution in [1.29, 1.82) is 0 Å². The topological polar surface area (TPSA) is 72.7 Å². The van der Waals surface area contributed by atoms with Crippen LogP contribution in [0.15, 0.2) is 18.5 Å². The van der Waals surface area contributed by atoms with Gasteiger partial charge in [-0.2, -0.15) is 5.10 Å². The van der Waals surface area contributed by atoms with Crippen molar-refractivity contribution in [3.05, 3.63) is 39.6 Å². The van der Waals surface area contributed by atoms with Gasteiger partial charge in [-0.25, -0.2) is 14.6 Å². The van der Waals surface area contributed by atoms with Crippen molar-refractivity contribution in [3.63, 3.8) is 0 Å². The maximum absolute atomic E-state index is 12.4. The average molecular weight is 329 g/mol. The van der Waals surface area contributed by atoms with Gasteiger partial charge < -0.3 is 5.32 Å². The number of carbonyl (C=O) groups excluding carboxylic acids is 1. The number of nitrogens with one attached hydrogen (secondary N) is 1. The monoisotopic (exact) mass is 329 g/mol. The minimum absolute atomic E-state index is 0.125. The molecule has 1 amide bonds. The Labute approximate surface area is 138 Å². The molecule has 0 saturated heterocycles. The largest absolute Gasteiger partial charge is 0.347 e. The molecule has 0 radical (unpaired) electrons. The second kappa shape index (κ2) is 6.08. The zero-order chi connectivity index (χ0) is 16.6. The molecule has 0 aliphatic heterocycles. The fourth-order valence-corrected chi connectivity index (χ4v) is 3.16. The van der Waals surface area contributed by atoms with E-state index in [0.717, 1.165) is 20.9 Å². The summed E-state index contributed by atoms with van der Waals surface area (Å²) in [5, 5.41) is 9.15. The van der Waals surface area contributed by atoms with Crippen molar-refractivity contribution in [3.8, 4) is 0 Å². The van der Waals surface area contributed by atoms with E-state index in [1.807, 2.05) is 24.6 Å². The first-order valence-electron chi connectivity index (χ1n) is 7.50. The molecule has 1 N–H and O–H groups in total. The number of nitrogens with zero attached hydrogens (tertiary/aromatic N) is 4. The first-order valence-corrected chi connectivity index (χ1v) is 8.31. The molecule has 3 heterocycles. The molecule has 0 atom stereocenters. The van der Waals surface area contributed by atoms with Gasteiger partial charge in [0.2, 0.25) is 0 Å². The van der Waals surface area contributed by atoms with Crippen molar-refractivity contribution in [2.75, 3.05) is 0 Å². The highest BCUT2D eigenvalue weighted by Gasteiger charge is 2.15. The standard InChI is InChI=1S/C16H19N5OS/c1-9(2)21-15-12(6-19-21)5-14(10(3)20-15)16(22)18-8-13-7-17-11(4)23-13/h5-7,9H,8H2,1-4H3,(H,18,22). The first-order chi connectivity index (χ1) is 11.0. The summed E-state index contributed by atoms with van der Waals surface area (Å²) in [6.07, 6.45) is 3.55. The van der Waals surface area contributed by atoms with E-state index >= 15 is 0 Å². The predicted molar refractivity (Wildman–Crippen MR) is 90.7 cm³/mol. The van der Waals surface area contributed by atoms with Gasteiger partial charge in [-0.05, 0) is 33.8 Å². The Morgan fingerprint density at radius 1 is 1.35 bits per heavy atom. The molecule has 0 saturated carbocycles. The summed E-state index contributed by atoms with van der Waals surface area (Å²) < 4.78 is 1.87. The average Bonchev–Trinajstić information content (AvgIpc) is 3.09. The molecule has 7 heteroatoms. The number of aryl methyl sites for hydroxylation is 2. The second-order valence-corrected chi connectivity index (χ2v) is 7.06. The number of pyridine rings is 1. The third-order valence-electron chi connectivity index (χ3n) is 3.59. The lowest BCUT2D eigenvalue weighted by molar-refractivity contribution is 0.0950. The normalized spacial score (nSPS) is 11.3. The van der Waals surface area contributed by atoms with Gasteiger partial charge in [0.25, 0.3) is 5.91 Å². The first kappa shape index (κ1) is 15.6. The van der Waals surface area contributed by atoms with Crippen LogP contribution in [0.25, 0.3) is 11.0 Å². The minimum atomic E-state index is -0.125. The Bertz CT molecular complexity index is 865. The Morgan fingerprint density at radius 3 is 2.78 bits per heavy atom. The molecule has 0 fully saturated rings. The van der Waals surface area contributed by atoms with Crippen LogP contribution in [0.3, 0.4) is 0 Å². The number of rotatable bonds is 4. The number of thiazole rings is 1. The number of fused-ring (bicyclic) bond motifs is 1. The fraction of sp³-hybridized carbons (Fsp3) is 0.375. The SMILES string of the molecule is Cc1ncc(CNC(=O)c2cc3cnn(C(C)C)c3nc2C)s1. The lowest BCUT2D eigenvalue weighted by Crippen LogP contribution is -2.23. The molecular weight excluding hydrogens is 310 g/mol. The minimum Gasteiger partial charge on any atom is -0.347 e. The maximum Gasteiger partial charge on any atom is 0.253 e. The van der Waals surface area contributed by atoms with E-state index < -0.39 is 0 Å². The number of amides is 1. The number of carbonyl (C=O) groups is 1. The van der Waals surface area contributed by atoms with E-state index in [4.69, 9.17) is 0 Å². The molecule has 120 valence electrons. The third kappa shape index (κ3) is 3.10. The van der Waals surface area contributed by atoms with Crippen LogP contribution in [0, 0.1) is 13.8 Å². The maximum atomic E-state index is 12.4. The lowest BCUT2D eigenvalue weighted by Gasteiger charge is -2.09. The van der Waals surface area contributed by atoms with E-state index in [2.05, 4.69) is 34.2 Å². The van der Waals surface area contributed by atoms with Crippen LogP contribution in [0.1, 0.15) is 45.8 Å². The van der Waals surface area contributed by atoms with Crippen LogP contribution in [0.2, 0.25) is 0 Å². The lowest BCUT2D eigenvalue weighted by atomic mass is 10.1. The van der Waals surface area contributed by atoms with Gasteiger partial charge in [-0.1, -0.05) is 0 Å². The quantitative estimate of drug-likeness (QED) is 0.798. The highest BCUT2D eigenvalue weighted by atomic mass is 32.1. The van der Waals surface area contributed by atoms with Crippen LogP contribution in [-0.2, 0) is 6.54 Å². The fourth-order valence-electron chi connectivity index (χ4n) is 2.42. The Kier molecular flexibility index (Phi) is 4.12. The number of hydrogen-bond donors (Lipinski definition) is 1. The zero-order valence-electron chi connectivity index (χ0n) is 13.6. The van der Waals surface area contributed by atoms with Crippen LogP contribution in [-0.4, -0.2) is 25.7 Å². The van der Waals surface area contributed by atoms with Crippen LogP contribution in [0.4, 0.5) is 0 Å². The molecule has 3 aromatic heterocycles. The van der Waals surface area contributed by atoms with E-state index in [1.165, 1.54) is 0 Å². The summed E-state index contributed by atoms with van der Waals surface area (Å²) in [5.41, 5.74) is 2.10. The highest BCUT2D eigenvalue weighted by Crippen LogP contribution is 2.19. The van der Waals surface area contributed by atoms with Crippen molar-refractivity contribution in [2.24, 2.45) is 0 Å². The number of hydrogen-bond acceptors (Lipinski definition) is 5. The van der Waals surface area contributed by atoms with Crippen molar-refractivity contribution in [2.45, 2.75) is 40.3 Å². The summed E-state index contributed by atoms with van der Waals surface area (Å²) in [7, 11) is 0. The molecule has 0 aromatic carbocycles. The molecule has 0 unspecified atom stereocenters. The summed E-state index contributed by atoms with van der Waals surface area (Å²) in [5.74, 6) is -0.125. The molecule has 0 bridgehead atoms. The van der Waals surface area contributed by atoms with Gasteiger partial charge in [0.15, 0.2) is 5.65 Å². The van der Waals surface area contributed by atoms with Gasteiger partial charge >= 0.3 is 0 Å². The van der Waals surface area contributed by atoms with Crippen molar-refractivity contribution >= 4 is 28.3 Å². The molecule has 0 aliphatic rings. The number of aromatic nitrogens is 4. The molecule has 3 aromatic rings. The van der Waals surface area contributed by atoms with Gasteiger partial charge in [-0.15, -0.1) is 11.3 Å². The predicted octanol–water partition coefficient (Wildman–Crippen LogP) is 3.02. The summed E-state index contributed by atoms with van der Waals surface area (Å²) in [6, 6.07) is 2.09. The zero-order valence-corrected chi connectivity index (χ0v) is 14.4. The highest BCUT2D eigenvalue weighted by molar-refractivity contribution is 7.11. The van der Waals surface area contributed by atoms with E-state index in [0.29, 0.717) is 17.8 Å². The van der Waals surface area contributed by atoms with E-state index in [1.54, 1.807) is 23.7 Å². The van der Waals surface area contributed by atoms with Crippen molar-refractivity contribution in [1.82, 2.24) is 25.1 Å². The molecule has 0 aliphatic carbocycles. The second-order valence-electron chi connectivity index (χ2n) is 5.75. The molecular formula is C16H19N5OS.